The lowest BCUT2D eigenvalue weighted by Gasteiger charge is -2.34. The van der Waals surface area contributed by atoms with Gasteiger partial charge in [0.15, 0.2) is 0 Å². The number of halogens is 3. The van der Waals surface area contributed by atoms with E-state index in [0.29, 0.717) is 39.0 Å². The lowest BCUT2D eigenvalue weighted by Crippen LogP contribution is -2.53. The lowest BCUT2D eigenvalue weighted by molar-refractivity contribution is -0.140. The van der Waals surface area contributed by atoms with Crippen molar-refractivity contribution in [3.05, 3.63) is 92.9 Å². The Morgan fingerprint density at radius 3 is 2.20 bits per heavy atom. The zero-order valence-corrected chi connectivity index (χ0v) is 26.5. The van der Waals surface area contributed by atoms with Crippen LogP contribution in [0.5, 0.6) is 0 Å². The highest BCUT2D eigenvalue weighted by Crippen LogP contribution is 2.30. The highest BCUT2D eigenvalue weighted by molar-refractivity contribution is 7.92. The molecule has 41 heavy (non-hydrogen) atoms. The fourth-order valence-electron chi connectivity index (χ4n) is 4.28. The molecule has 2 unspecified atom stereocenters. The zero-order chi connectivity index (χ0) is 30.3. The van der Waals surface area contributed by atoms with Crippen LogP contribution in [0.4, 0.5) is 5.69 Å². The second-order valence-corrected chi connectivity index (χ2v) is 12.9. The van der Waals surface area contributed by atoms with Gasteiger partial charge in [-0.1, -0.05) is 79.0 Å². The minimum absolute atomic E-state index is 0.00983. The molecule has 2 amide bonds. The van der Waals surface area contributed by atoms with Gasteiger partial charge in [-0.15, -0.1) is 0 Å². The fourth-order valence-corrected chi connectivity index (χ4v) is 6.26. The summed E-state index contributed by atoms with van der Waals surface area (Å²) in [6, 6.07) is 16.7. The van der Waals surface area contributed by atoms with Crippen molar-refractivity contribution < 1.29 is 18.0 Å². The van der Waals surface area contributed by atoms with E-state index in [1.54, 1.807) is 62.4 Å². The summed E-state index contributed by atoms with van der Waals surface area (Å²) in [5, 5.41) is 3.92. The molecule has 0 saturated carbocycles. The first-order chi connectivity index (χ1) is 19.4. The van der Waals surface area contributed by atoms with Crippen molar-refractivity contribution in [2.24, 2.45) is 0 Å². The Kier molecular flexibility index (Phi) is 11.5. The van der Waals surface area contributed by atoms with E-state index < -0.39 is 28.5 Å². The van der Waals surface area contributed by atoms with E-state index in [4.69, 9.17) is 34.8 Å². The molecule has 3 aromatic rings. The van der Waals surface area contributed by atoms with Crippen molar-refractivity contribution in [3.8, 4) is 0 Å². The van der Waals surface area contributed by atoms with Gasteiger partial charge in [-0.3, -0.25) is 13.9 Å². The summed E-state index contributed by atoms with van der Waals surface area (Å²) < 4.78 is 29.0. The number of hydrogen-bond donors (Lipinski definition) is 1. The summed E-state index contributed by atoms with van der Waals surface area (Å²) in [4.78, 5) is 28.9. The Labute approximate surface area is 257 Å². The van der Waals surface area contributed by atoms with E-state index in [0.717, 1.165) is 4.31 Å². The Balaban J connectivity index is 2.10. The number of anilines is 1. The molecule has 0 aromatic heterocycles. The molecule has 7 nitrogen and oxygen atoms in total. The number of rotatable bonds is 12. The molecule has 0 aliphatic rings. The molecule has 3 rings (SSSR count). The van der Waals surface area contributed by atoms with Gasteiger partial charge in [0.2, 0.25) is 11.8 Å². The second kappa shape index (κ2) is 14.4. The number of benzene rings is 3. The molecule has 0 aliphatic heterocycles. The predicted octanol–water partition coefficient (Wildman–Crippen LogP) is 6.87. The van der Waals surface area contributed by atoms with Crippen molar-refractivity contribution in [2.75, 3.05) is 10.8 Å². The molecule has 11 heteroatoms. The number of sulfonamides is 1. The van der Waals surface area contributed by atoms with Crippen molar-refractivity contribution in [2.45, 2.75) is 64.1 Å². The summed E-state index contributed by atoms with van der Waals surface area (Å²) in [7, 11) is -4.19. The maximum absolute atomic E-state index is 14.2. The first-order valence-corrected chi connectivity index (χ1v) is 15.8. The van der Waals surface area contributed by atoms with Gasteiger partial charge in [-0.2, -0.15) is 0 Å². The van der Waals surface area contributed by atoms with Crippen molar-refractivity contribution in [1.29, 1.82) is 0 Å². The predicted molar refractivity (Wildman–Crippen MR) is 166 cm³/mol. The summed E-state index contributed by atoms with van der Waals surface area (Å²) in [6.07, 6.45) is 1.01. The van der Waals surface area contributed by atoms with E-state index in [1.165, 1.54) is 23.1 Å². The third kappa shape index (κ3) is 8.16. The molecule has 0 saturated heterocycles. The number of carbonyl (C=O) groups is 2. The van der Waals surface area contributed by atoms with E-state index in [-0.39, 0.29) is 29.1 Å². The van der Waals surface area contributed by atoms with E-state index in [2.05, 4.69) is 5.32 Å². The van der Waals surface area contributed by atoms with Crippen LogP contribution in [0.25, 0.3) is 0 Å². The summed E-state index contributed by atoms with van der Waals surface area (Å²) in [6.45, 7) is 6.82. The minimum atomic E-state index is -4.19. The highest BCUT2D eigenvalue weighted by atomic mass is 35.5. The Morgan fingerprint density at radius 2 is 1.59 bits per heavy atom. The fraction of sp³-hybridized carbons (Fsp3) is 0.333. The number of aryl methyl sites for hydroxylation is 1. The third-order valence-corrected chi connectivity index (χ3v) is 9.52. The van der Waals surface area contributed by atoms with Gasteiger partial charge < -0.3 is 10.2 Å². The monoisotopic (exact) mass is 637 g/mol. The second-order valence-electron chi connectivity index (χ2n) is 9.77. The normalized spacial score (nSPS) is 12.9. The van der Waals surface area contributed by atoms with Crippen molar-refractivity contribution in [3.63, 3.8) is 0 Å². The molecular formula is C30H34Cl3N3O4S. The molecule has 2 atom stereocenters. The van der Waals surface area contributed by atoms with Gasteiger partial charge >= 0.3 is 0 Å². The van der Waals surface area contributed by atoms with E-state index in [9.17, 15) is 18.0 Å². The van der Waals surface area contributed by atoms with Crippen molar-refractivity contribution in [1.82, 2.24) is 10.2 Å². The molecule has 220 valence electrons. The van der Waals surface area contributed by atoms with Gasteiger partial charge in [0.1, 0.15) is 12.6 Å². The molecule has 3 aromatic carbocycles. The maximum atomic E-state index is 14.2. The van der Waals surface area contributed by atoms with Crippen LogP contribution in [0, 0.1) is 6.92 Å². The SMILES string of the molecule is CCC(C)NC(=O)C(CC)N(Cc1ccc(Cl)c(Cl)c1)C(=O)CN(c1cc(Cl)ccc1C)S(=O)(=O)c1ccccc1. The van der Waals surface area contributed by atoms with Gasteiger partial charge in [-0.25, -0.2) is 8.42 Å². The number of amides is 2. The molecule has 1 N–H and O–H groups in total. The smallest absolute Gasteiger partial charge is 0.264 e. The minimum Gasteiger partial charge on any atom is -0.352 e. The van der Waals surface area contributed by atoms with Gasteiger partial charge in [0.05, 0.1) is 20.6 Å². The molecule has 0 radical (unpaired) electrons. The van der Waals surface area contributed by atoms with Crippen LogP contribution in [-0.4, -0.2) is 43.8 Å². The Hall–Kier alpha value is -2.78. The summed E-state index contributed by atoms with van der Waals surface area (Å²) in [5.74, 6) is -0.896. The van der Waals surface area contributed by atoms with Crippen LogP contribution >= 0.6 is 34.8 Å². The van der Waals surface area contributed by atoms with Crippen LogP contribution in [-0.2, 0) is 26.2 Å². The van der Waals surface area contributed by atoms with Crippen molar-refractivity contribution >= 4 is 62.3 Å². The Morgan fingerprint density at radius 1 is 0.902 bits per heavy atom. The number of nitrogens with one attached hydrogen (secondary N) is 1. The molecule has 0 spiro atoms. The van der Waals surface area contributed by atoms with Crippen LogP contribution in [0.2, 0.25) is 15.1 Å². The standard InChI is InChI=1S/C30H34Cl3N3O4S/c1-5-21(4)34-30(38)27(6-2)35(18-22-13-15-25(32)26(33)16-22)29(37)19-36(28-17-23(31)14-12-20(28)3)41(39,40)24-10-8-7-9-11-24/h7-17,21,27H,5-6,18-19H2,1-4H3,(H,34,38). The topological polar surface area (TPSA) is 86.8 Å². The first kappa shape index (κ1) is 32.7. The van der Waals surface area contributed by atoms with Gasteiger partial charge in [-0.05, 0) is 74.2 Å². The highest BCUT2D eigenvalue weighted by Gasteiger charge is 2.34. The third-order valence-electron chi connectivity index (χ3n) is 6.77. The van der Waals surface area contributed by atoms with Gasteiger partial charge in [0.25, 0.3) is 10.0 Å². The molecular weight excluding hydrogens is 605 g/mol. The van der Waals surface area contributed by atoms with Crippen LogP contribution in [0.3, 0.4) is 0 Å². The van der Waals surface area contributed by atoms with Crippen LogP contribution in [0.1, 0.15) is 44.7 Å². The zero-order valence-electron chi connectivity index (χ0n) is 23.4. The molecule has 0 fully saturated rings. The first-order valence-electron chi connectivity index (χ1n) is 13.3. The molecule has 0 bridgehead atoms. The molecule has 0 heterocycles. The number of hydrogen-bond acceptors (Lipinski definition) is 4. The van der Waals surface area contributed by atoms with Crippen LogP contribution in [0.15, 0.2) is 71.6 Å². The number of nitrogens with zero attached hydrogens (tertiary/aromatic N) is 2. The lowest BCUT2D eigenvalue weighted by atomic mass is 10.1. The quantitative estimate of drug-likeness (QED) is 0.235. The van der Waals surface area contributed by atoms with E-state index >= 15 is 0 Å². The Bertz CT molecular complexity index is 1490. The average Bonchev–Trinajstić information content (AvgIpc) is 2.95. The number of carbonyl (C=O) groups excluding carboxylic acids is 2. The van der Waals surface area contributed by atoms with Crippen LogP contribution < -0.4 is 9.62 Å². The summed E-state index contributed by atoms with van der Waals surface area (Å²) >= 11 is 18.6. The largest absolute Gasteiger partial charge is 0.352 e. The van der Waals surface area contributed by atoms with Gasteiger partial charge in [0, 0.05) is 17.6 Å². The average molecular weight is 639 g/mol. The van der Waals surface area contributed by atoms with E-state index in [1.807, 2.05) is 13.8 Å². The summed E-state index contributed by atoms with van der Waals surface area (Å²) in [5.41, 5.74) is 1.51. The molecule has 0 aliphatic carbocycles. The maximum Gasteiger partial charge on any atom is 0.264 e.